The normalized spacial score (nSPS) is 22.6. The molecule has 1 heterocycles. The van der Waals surface area contributed by atoms with Crippen LogP contribution in [0, 0.1) is 11.8 Å². The predicted molar refractivity (Wildman–Crippen MR) is 95.1 cm³/mol. The van der Waals surface area contributed by atoms with Crippen molar-refractivity contribution in [2.24, 2.45) is 0 Å². The van der Waals surface area contributed by atoms with Crippen LogP contribution in [0.3, 0.4) is 0 Å². The molecule has 2 aromatic rings. The Balaban J connectivity index is 1.49. The van der Waals surface area contributed by atoms with E-state index >= 15 is 0 Å². The summed E-state index contributed by atoms with van der Waals surface area (Å²) >= 11 is 0. The van der Waals surface area contributed by atoms with E-state index in [0.29, 0.717) is 13.2 Å². The van der Waals surface area contributed by atoms with Crippen LogP contribution in [0.25, 0.3) is 0 Å². The summed E-state index contributed by atoms with van der Waals surface area (Å²) in [5, 5.41) is 10.2. The van der Waals surface area contributed by atoms with Crippen LogP contribution in [0.5, 0.6) is 5.75 Å². The van der Waals surface area contributed by atoms with Crippen molar-refractivity contribution in [3.8, 4) is 17.6 Å². The van der Waals surface area contributed by atoms with Crippen LogP contribution in [0.2, 0.25) is 0 Å². The second kappa shape index (κ2) is 7.71. The highest BCUT2D eigenvalue weighted by molar-refractivity contribution is 5.34. The van der Waals surface area contributed by atoms with Crippen molar-refractivity contribution in [3.63, 3.8) is 0 Å². The fraction of sp³-hybridized carbons (Fsp3) is 0.333. The Labute approximate surface area is 148 Å². The SMILES string of the molecule is COc1ccc(C(O)C#C[C@]2(C)O[C@@H]2COCc2ccccc2)cc1. The molecule has 1 saturated heterocycles. The standard InChI is InChI=1S/C21H22O4/c1-21(13-12-19(22)17-8-10-18(23-2)11-9-17)20(25-21)15-24-14-16-6-4-3-5-7-16/h3-11,19-20,22H,14-15H2,1-2H3/t19?,20-,21+/m1/s1. The molecule has 0 aliphatic carbocycles. The number of hydrogen-bond donors (Lipinski definition) is 1. The third-order valence-electron chi connectivity index (χ3n) is 4.21. The number of aliphatic hydroxyl groups excluding tert-OH is 1. The van der Waals surface area contributed by atoms with Crippen LogP contribution in [0.1, 0.15) is 24.2 Å². The lowest BCUT2D eigenvalue weighted by atomic mass is 10.1. The Hall–Kier alpha value is -2.32. The van der Waals surface area contributed by atoms with Gasteiger partial charge in [-0.15, -0.1) is 0 Å². The summed E-state index contributed by atoms with van der Waals surface area (Å²) in [5.74, 6) is 6.63. The Kier molecular flexibility index (Phi) is 5.40. The van der Waals surface area contributed by atoms with E-state index in [0.717, 1.165) is 16.9 Å². The van der Waals surface area contributed by atoms with Crippen LogP contribution in [0.15, 0.2) is 54.6 Å². The minimum absolute atomic E-state index is 0.0632. The summed E-state index contributed by atoms with van der Waals surface area (Å²) in [6.45, 7) is 2.95. The van der Waals surface area contributed by atoms with Gasteiger partial charge >= 0.3 is 0 Å². The molecule has 4 heteroatoms. The number of aliphatic hydroxyl groups is 1. The van der Waals surface area contributed by atoms with Gasteiger partial charge in [0.15, 0.2) is 5.60 Å². The molecule has 0 saturated carbocycles. The van der Waals surface area contributed by atoms with Crippen molar-refractivity contribution in [1.29, 1.82) is 0 Å². The van der Waals surface area contributed by atoms with Gasteiger partial charge in [-0.25, -0.2) is 0 Å². The zero-order chi connectivity index (χ0) is 17.7. The van der Waals surface area contributed by atoms with E-state index in [1.54, 1.807) is 31.4 Å². The highest BCUT2D eigenvalue weighted by Crippen LogP contribution is 2.36. The van der Waals surface area contributed by atoms with E-state index < -0.39 is 11.7 Å². The highest BCUT2D eigenvalue weighted by atomic mass is 16.6. The molecule has 0 radical (unpaired) electrons. The van der Waals surface area contributed by atoms with Gasteiger partial charge in [0.2, 0.25) is 0 Å². The maximum absolute atomic E-state index is 10.2. The second-order valence-electron chi connectivity index (χ2n) is 6.16. The molecule has 0 spiro atoms. The third-order valence-corrected chi connectivity index (χ3v) is 4.21. The van der Waals surface area contributed by atoms with Gasteiger partial charge in [0.05, 0.1) is 20.3 Å². The molecule has 1 aliphatic heterocycles. The molecule has 1 unspecified atom stereocenters. The van der Waals surface area contributed by atoms with Crippen LogP contribution >= 0.6 is 0 Å². The molecule has 0 bridgehead atoms. The van der Waals surface area contributed by atoms with Crippen molar-refractivity contribution < 1.29 is 19.3 Å². The van der Waals surface area contributed by atoms with Gasteiger partial charge in [-0.2, -0.15) is 0 Å². The fourth-order valence-electron chi connectivity index (χ4n) is 2.50. The molecular weight excluding hydrogens is 316 g/mol. The molecule has 1 fully saturated rings. The summed E-state index contributed by atoms with van der Waals surface area (Å²) in [5.41, 5.74) is 1.31. The topological polar surface area (TPSA) is 51.2 Å². The van der Waals surface area contributed by atoms with Crippen LogP contribution in [0.4, 0.5) is 0 Å². The molecule has 1 aliphatic rings. The summed E-state index contributed by atoms with van der Waals surface area (Å²) < 4.78 is 16.4. The maximum Gasteiger partial charge on any atom is 0.154 e. The first-order chi connectivity index (χ1) is 12.1. The van der Waals surface area contributed by atoms with E-state index in [9.17, 15) is 5.11 Å². The van der Waals surface area contributed by atoms with Gasteiger partial charge in [-0.3, -0.25) is 0 Å². The Morgan fingerprint density at radius 2 is 1.88 bits per heavy atom. The quantitative estimate of drug-likeness (QED) is 0.649. The van der Waals surface area contributed by atoms with E-state index in [-0.39, 0.29) is 6.10 Å². The van der Waals surface area contributed by atoms with Crippen molar-refractivity contribution >= 4 is 0 Å². The number of epoxide rings is 1. The summed E-state index contributed by atoms with van der Waals surface area (Å²) in [7, 11) is 1.61. The zero-order valence-corrected chi connectivity index (χ0v) is 14.4. The van der Waals surface area contributed by atoms with E-state index in [1.807, 2.05) is 37.3 Å². The first-order valence-corrected chi connectivity index (χ1v) is 8.25. The summed E-state index contributed by atoms with van der Waals surface area (Å²) in [6, 6.07) is 17.2. The molecule has 4 nitrogen and oxygen atoms in total. The Morgan fingerprint density at radius 3 is 2.56 bits per heavy atom. The summed E-state index contributed by atoms with van der Waals surface area (Å²) in [6.07, 6.45) is -0.912. The van der Waals surface area contributed by atoms with Crippen LogP contribution in [-0.4, -0.2) is 30.5 Å². The average Bonchev–Trinajstić information content (AvgIpc) is 3.31. The average molecular weight is 338 g/mol. The lowest BCUT2D eigenvalue weighted by Gasteiger charge is -2.05. The minimum Gasteiger partial charge on any atom is -0.497 e. The molecule has 2 aromatic carbocycles. The first-order valence-electron chi connectivity index (χ1n) is 8.25. The Morgan fingerprint density at radius 1 is 1.16 bits per heavy atom. The number of benzene rings is 2. The van der Waals surface area contributed by atoms with Gasteiger partial charge in [0.25, 0.3) is 0 Å². The lowest BCUT2D eigenvalue weighted by molar-refractivity contribution is 0.104. The van der Waals surface area contributed by atoms with Crippen LogP contribution in [-0.2, 0) is 16.1 Å². The summed E-state index contributed by atoms with van der Waals surface area (Å²) in [4.78, 5) is 0. The fourth-order valence-corrected chi connectivity index (χ4v) is 2.50. The van der Waals surface area contributed by atoms with Gasteiger partial charge in [-0.1, -0.05) is 54.3 Å². The lowest BCUT2D eigenvalue weighted by Crippen LogP contribution is -2.12. The van der Waals surface area contributed by atoms with E-state index in [1.165, 1.54) is 0 Å². The third kappa shape index (κ3) is 4.61. The molecular formula is C21H22O4. The van der Waals surface area contributed by atoms with Crippen molar-refractivity contribution in [1.82, 2.24) is 0 Å². The largest absolute Gasteiger partial charge is 0.497 e. The van der Waals surface area contributed by atoms with E-state index in [2.05, 4.69) is 11.8 Å². The number of methoxy groups -OCH3 is 1. The molecule has 0 aromatic heterocycles. The molecule has 25 heavy (non-hydrogen) atoms. The number of ether oxygens (including phenoxy) is 3. The van der Waals surface area contributed by atoms with E-state index in [4.69, 9.17) is 14.2 Å². The number of rotatable bonds is 6. The van der Waals surface area contributed by atoms with Crippen molar-refractivity contribution in [2.45, 2.75) is 31.3 Å². The maximum atomic E-state index is 10.2. The molecule has 130 valence electrons. The number of hydrogen-bond acceptors (Lipinski definition) is 4. The second-order valence-corrected chi connectivity index (χ2v) is 6.16. The smallest absolute Gasteiger partial charge is 0.154 e. The predicted octanol–water partition coefficient (Wildman–Crippen LogP) is 3.11. The molecule has 0 amide bonds. The van der Waals surface area contributed by atoms with Crippen molar-refractivity contribution in [3.05, 3.63) is 65.7 Å². The van der Waals surface area contributed by atoms with Gasteiger partial charge in [-0.05, 0) is 30.2 Å². The Bertz CT molecular complexity index is 745. The zero-order valence-electron chi connectivity index (χ0n) is 14.4. The molecule has 1 N–H and O–H groups in total. The monoisotopic (exact) mass is 338 g/mol. The first kappa shape index (κ1) is 17.5. The van der Waals surface area contributed by atoms with Crippen LogP contribution < -0.4 is 4.74 Å². The van der Waals surface area contributed by atoms with Gasteiger partial charge < -0.3 is 19.3 Å². The minimum atomic E-state index is -0.849. The molecule has 3 rings (SSSR count). The van der Waals surface area contributed by atoms with Gasteiger partial charge in [0, 0.05) is 0 Å². The highest BCUT2D eigenvalue weighted by Gasteiger charge is 2.51. The van der Waals surface area contributed by atoms with Gasteiger partial charge in [0.1, 0.15) is 18.0 Å². The van der Waals surface area contributed by atoms with Crippen molar-refractivity contribution in [2.75, 3.05) is 13.7 Å². The molecule has 3 atom stereocenters.